The van der Waals surface area contributed by atoms with E-state index in [-0.39, 0.29) is 5.91 Å². The highest BCUT2D eigenvalue weighted by molar-refractivity contribution is 5.94. The zero-order chi connectivity index (χ0) is 21.2. The summed E-state index contributed by atoms with van der Waals surface area (Å²) in [7, 11) is 0. The topological polar surface area (TPSA) is 76.2 Å². The smallest absolute Gasteiger partial charge is 0.274 e. The SMILES string of the molecule is Cc1cccn2c(CNCCc3cn4ccccc4n3)c(C(=O)N3CCOCC3)nc12. The number of ether oxygens (including phenoxy) is 1. The van der Waals surface area contributed by atoms with E-state index in [2.05, 4.69) is 16.5 Å². The molecule has 160 valence electrons. The van der Waals surface area contributed by atoms with Crippen LogP contribution in [0.4, 0.5) is 0 Å². The third-order valence-electron chi connectivity index (χ3n) is 5.71. The number of fused-ring (bicyclic) bond motifs is 2. The van der Waals surface area contributed by atoms with Gasteiger partial charge in [-0.2, -0.15) is 0 Å². The lowest BCUT2D eigenvalue weighted by atomic mass is 10.2. The molecule has 1 N–H and O–H groups in total. The Morgan fingerprint density at radius 1 is 1.13 bits per heavy atom. The summed E-state index contributed by atoms with van der Waals surface area (Å²) >= 11 is 0. The summed E-state index contributed by atoms with van der Waals surface area (Å²) in [5.41, 5.74) is 5.29. The van der Waals surface area contributed by atoms with Gasteiger partial charge in [-0.3, -0.25) is 4.79 Å². The van der Waals surface area contributed by atoms with Gasteiger partial charge in [0.05, 0.1) is 24.6 Å². The van der Waals surface area contributed by atoms with Crippen molar-refractivity contribution in [3.63, 3.8) is 0 Å². The van der Waals surface area contributed by atoms with E-state index in [9.17, 15) is 4.79 Å². The highest BCUT2D eigenvalue weighted by Gasteiger charge is 2.25. The van der Waals surface area contributed by atoms with Crippen LogP contribution in [-0.2, 0) is 17.7 Å². The highest BCUT2D eigenvalue weighted by Crippen LogP contribution is 2.18. The first-order valence-corrected chi connectivity index (χ1v) is 10.7. The van der Waals surface area contributed by atoms with E-state index < -0.39 is 0 Å². The van der Waals surface area contributed by atoms with Gasteiger partial charge in [-0.05, 0) is 30.7 Å². The Morgan fingerprint density at radius 2 is 2.00 bits per heavy atom. The lowest BCUT2D eigenvalue weighted by Gasteiger charge is -2.26. The Morgan fingerprint density at radius 3 is 2.84 bits per heavy atom. The van der Waals surface area contributed by atoms with Crippen LogP contribution < -0.4 is 5.32 Å². The summed E-state index contributed by atoms with van der Waals surface area (Å²) in [6, 6.07) is 10.0. The molecule has 1 aliphatic rings. The number of pyridine rings is 2. The van der Waals surface area contributed by atoms with E-state index in [0.717, 1.165) is 41.2 Å². The Hall–Kier alpha value is -3.23. The van der Waals surface area contributed by atoms with Crippen molar-refractivity contribution >= 4 is 17.2 Å². The van der Waals surface area contributed by atoms with Gasteiger partial charge in [0.15, 0.2) is 5.69 Å². The number of hydrogen-bond acceptors (Lipinski definition) is 5. The third-order valence-corrected chi connectivity index (χ3v) is 5.71. The molecule has 0 unspecified atom stereocenters. The number of hydrogen-bond donors (Lipinski definition) is 1. The van der Waals surface area contributed by atoms with Crippen molar-refractivity contribution in [1.82, 2.24) is 29.0 Å². The van der Waals surface area contributed by atoms with Gasteiger partial charge in [0.1, 0.15) is 11.3 Å². The molecule has 8 heteroatoms. The van der Waals surface area contributed by atoms with Gasteiger partial charge in [0.25, 0.3) is 5.91 Å². The Bertz CT molecular complexity index is 1190. The number of aromatic nitrogens is 4. The van der Waals surface area contributed by atoms with Gasteiger partial charge in [0.2, 0.25) is 0 Å². The van der Waals surface area contributed by atoms with Gasteiger partial charge in [-0.1, -0.05) is 12.1 Å². The van der Waals surface area contributed by atoms with Crippen LogP contribution in [0.25, 0.3) is 11.3 Å². The molecule has 0 atom stereocenters. The zero-order valence-electron chi connectivity index (χ0n) is 17.6. The van der Waals surface area contributed by atoms with Gasteiger partial charge >= 0.3 is 0 Å². The average molecular weight is 419 g/mol. The van der Waals surface area contributed by atoms with E-state index in [1.54, 1.807) is 0 Å². The molecule has 8 nitrogen and oxygen atoms in total. The first-order valence-electron chi connectivity index (χ1n) is 10.7. The number of nitrogens with zero attached hydrogens (tertiary/aromatic N) is 5. The van der Waals surface area contributed by atoms with E-state index in [1.807, 2.05) is 63.4 Å². The van der Waals surface area contributed by atoms with Crippen LogP contribution in [0.1, 0.15) is 27.4 Å². The molecular formula is C23H26N6O2. The fraction of sp³-hybridized carbons (Fsp3) is 0.348. The number of rotatable bonds is 6. The third kappa shape index (κ3) is 3.92. The van der Waals surface area contributed by atoms with Gasteiger partial charge in [-0.25, -0.2) is 9.97 Å². The number of morpholine rings is 1. The van der Waals surface area contributed by atoms with Gasteiger partial charge < -0.3 is 23.8 Å². The van der Waals surface area contributed by atoms with Crippen LogP contribution in [0.15, 0.2) is 48.9 Å². The van der Waals surface area contributed by atoms with Crippen LogP contribution in [0.3, 0.4) is 0 Å². The standard InChI is InChI=1S/C23H26N6O2/c1-17-5-4-10-29-19(21(26-22(17)29)23(30)27-11-13-31-14-12-27)15-24-8-7-18-16-28-9-3-2-6-20(28)25-18/h2-6,9-10,16,24H,7-8,11-15H2,1H3. The highest BCUT2D eigenvalue weighted by atomic mass is 16.5. The van der Waals surface area contributed by atoms with Gasteiger partial charge in [-0.15, -0.1) is 0 Å². The van der Waals surface area contributed by atoms with E-state index in [4.69, 9.17) is 9.72 Å². The average Bonchev–Trinajstić information content (AvgIpc) is 3.39. The molecule has 4 aromatic heterocycles. The van der Waals surface area contributed by atoms with Crippen LogP contribution in [-0.4, -0.2) is 62.4 Å². The van der Waals surface area contributed by atoms with E-state index >= 15 is 0 Å². The molecule has 31 heavy (non-hydrogen) atoms. The van der Waals surface area contributed by atoms with Crippen LogP contribution in [0, 0.1) is 6.92 Å². The molecule has 0 radical (unpaired) electrons. The Kier molecular flexibility index (Phi) is 5.40. The zero-order valence-corrected chi connectivity index (χ0v) is 17.6. The number of carbonyl (C=O) groups excluding carboxylic acids is 1. The molecule has 5 heterocycles. The lowest BCUT2D eigenvalue weighted by molar-refractivity contribution is 0.0298. The normalized spacial score (nSPS) is 14.5. The predicted octanol–water partition coefficient (Wildman–Crippen LogP) is 2.10. The summed E-state index contributed by atoms with van der Waals surface area (Å²) in [6.07, 6.45) is 6.85. The van der Waals surface area contributed by atoms with Crippen LogP contribution in [0.5, 0.6) is 0 Å². The number of imidazole rings is 2. The molecule has 0 bridgehead atoms. The maximum Gasteiger partial charge on any atom is 0.274 e. The van der Waals surface area contributed by atoms with E-state index in [1.165, 1.54) is 0 Å². The summed E-state index contributed by atoms with van der Waals surface area (Å²) in [5, 5.41) is 3.48. The molecular weight excluding hydrogens is 392 g/mol. The van der Waals surface area contributed by atoms with Crippen LogP contribution >= 0.6 is 0 Å². The molecule has 1 fully saturated rings. The molecule has 0 saturated carbocycles. The number of carbonyl (C=O) groups is 1. The molecule has 4 aromatic rings. The van der Waals surface area contributed by atoms with Crippen molar-refractivity contribution in [2.45, 2.75) is 19.9 Å². The van der Waals surface area contributed by atoms with Crippen molar-refractivity contribution in [1.29, 1.82) is 0 Å². The number of amides is 1. The largest absolute Gasteiger partial charge is 0.378 e. The minimum absolute atomic E-state index is 0.0245. The summed E-state index contributed by atoms with van der Waals surface area (Å²) in [5.74, 6) is -0.0245. The van der Waals surface area contributed by atoms with Crippen molar-refractivity contribution in [3.05, 3.63) is 71.6 Å². The summed E-state index contributed by atoms with van der Waals surface area (Å²) < 4.78 is 9.46. The fourth-order valence-corrected chi connectivity index (χ4v) is 4.04. The first-order chi connectivity index (χ1) is 15.2. The molecule has 0 aromatic carbocycles. The van der Waals surface area contributed by atoms with Crippen molar-refractivity contribution in [2.24, 2.45) is 0 Å². The molecule has 1 amide bonds. The van der Waals surface area contributed by atoms with Gasteiger partial charge in [0, 0.05) is 51.2 Å². The lowest BCUT2D eigenvalue weighted by Crippen LogP contribution is -2.41. The van der Waals surface area contributed by atoms with E-state index in [0.29, 0.717) is 38.5 Å². The predicted molar refractivity (Wildman–Crippen MR) is 117 cm³/mol. The Labute approximate surface area is 180 Å². The maximum absolute atomic E-state index is 13.2. The van der Waals surface area contributed by atoms with Crippen molar-refractivity contribution in [3.8, 4) is 0 Å². The molecule has 0 spiro atoms. The number of aryl methyl sites for hydroxylation is 1. The minimum Gasteiger partial charge on any atom is -0.378 e. The number of nitrogens with one attached hydrogen (secondary N) is 1. The summed E-state index contributed by atoms with van der Waals surface area (Å²) in [4.78, 5) is 24.4. The second-order valence-electron chi connectivity index (χ2n) is 7.82. The fourth-order valence-electron chi connectivity index (χ4n) is 4.04. The second-order valence-corrected chi connectivity index (χ2v) is 7.82. The first kappa shape index (κ1) is 19.7. The van der Waals surface area contributed by atoms with Crippen LogP contribution in [0.2, 0.25) is 0 Å². The molecule has 0 aliphatic carbocycles. The minimum atomic E-state index is -0.0245. The summed E-state index contributed by atoms with van der Waals surface area (Å²) in [6.45, 7) is 5.69. The van der Waals surface area contributed by atoms with Crippen molar-refractivity contribution < 1.29 is 9.53 Å². The molecule has 1 aliphatic heterocycles. The monoisotopic (exact) mass is 418 g/mol. The Balaban J connectivity index is 1.33. The van der Waals surface area contributed by atoms with Crippen molar-refractivity contribution in [2.75, 3.05) is 32.8 Å². The molecule has 5 rings (SSSR count). The second kappa shape index (κ2) is 8.49. The molecule has 1 saturated heterocycles. The maximum atomic E-state index is 13.2. The quantitative estimate of drug-likeness (QED) is 0.486.